The molecule has 2 aromatic carbocycles. The van der Waals surface area contributed by atoms with E-state index >= 15 is 0 Å². The lowest BCUT2D eigenvalue weighted by atomic mass is 10.1. The predicted molar refractivity (Wildman–Crippen MR) is 131 cm³/mol. The van der Waals surface area contributed by atoms with Gasteiger partial charge in [-0.15, -0.1) is 11.3 Å². The number of aromatic hydroxyl groups is 1. The van der Waals surface area contributed by atoms with Crippen LogP contribution in [0.5, 0.6) is 5.75 Å². The first-order chi connectivity index (χ1) is 16.4. The van der Waals surface area contributed by atoms with Gasteiger partial charge in [0, 0.05) is 37.5 Å². The van der Waals surface area contributed by atoms with Gasteiger partial charge < -0.3 is 30.6 Å². The Morgan fingerprint density at radius 1 is 1.09 bits per heavy atom. The molecule has 10 heteroatoms. The van der Waals surface area contributed by atoms with Gasteiger partial charge in [0.05, 0.1) is 27.9 Å². The van der Waals surface area contributed by atoms with Gasteiger partial charge in [-0.25, -0.2) is 9.97 Å². The normalized spacial score (nSPS) is 22.2. The average molecular weight is 480 g/mol. The summed E-state index contributed by atoms with van der Waals surface area (Å²) in [5.41, 5.74) is 2.19. The topological polar surface area (TPSA) is 135 Å². The van der Waals surface area contributed by atoms with E-state index in [0.717, 1.165) is 15.2 Å². The van der Waals surface area contributed by atoms with Crippen molar-refractivity contribution >= 4 is 39.0 Å². The molecule has 0 bridgehead atoms. The minimum atomic E-state index is -1.04. The Morgan fingerprint density at radius 3 is 2.65 bits per heavy atom. The second-order valence-corrected chi connectivity index (χ2v) is 9.46. The molecule has 2 aromatic heterocycles. The molecule has 9 nitrogen and oxygen atoms in total. The van der Waals surface area contributed by atoms with E-state index in [4.69, 9.17) is 9.97 Å². The smallest absolute Gasteiger partial charge is 0.229 e. The number of phenolic OH excluding ortho intramolecular Hbond substituents is 1. The number of aliphatic hydroxyl groups is 3. The van der Waals surface area contributed by atoms with Gasteiger partial charge in [-0.2, -0.15) is 4.98 Å². The van der Waals surface area contributed by atoms with Crippen molar-refractivity contribution in [2.45, 2.75) is 24.7 Å². The monoisotopic (exact) mass is 479 g/mol. The number of likely N-dealkylation sites (N-methyl/N-ethyl adjacent to an activating group) is 1. The molecule has 1 aliphatic rings. The van der Waals surface area contributed by atoms with E-state index in [0.29, 0.717) is 29.4 Å². The summed E-state index contributed by atoms with van der Waals surface area (Å²) in [5, 5.41) is 44.3. The molecule has 5 N–H and O–H groups in total. The molecular weight excluding hydrogens is 454 g/mol. The van der Waals surface area contributed by atoms with Crippen LogP contribution in [0, 0.1) is 5.92 Å². The largest absolute Gasteiger partial charge is 0.508 e. The lowest BCUT2D eigenvalue weighted by molar-refractivity contribution is 0.00261. The number of benzene rings is 2. The molecule has 0 aliphatic heterocycles. The maximum Gasteiger partial charge on any atom is 0.229 e. The third-order valence-electron chi connectivity index (χ3n) is 6.23. The van der Waals surface area contributed by atoms with E-state index in [-0.39, 0.29) is 12.4 Å². The summed E-state index contributed by atoms with van der Waals surface area (Å²) in [6.07, 6.45) is 0.0366. The quantitative estimate of drug-likeness (QED) is 0.283. The van der Waals surface area contributed by atoms with Crippen LogP contribution in [0.2, 0.25) is 0 Å². The Kier molecular flexibility index (Phi) is 6.05. The molecule has 0 spiro atoms. The number of para-hydroxylation sites is 1. The second-order valence-electron chi connectivity index (χ2n) is 8.43. The van der Waals surface area contributed by atoms with Gasteiger partial charge >= 0.3 is 0 Å². The molecule has 176 valence electrons. The maximum absolute atomic E-state index is 10.7. The Hall–Kier alpha value is -3.31. The van der Waals surface area contributed by atoms with Crippen LogP contribution in [0.4, 0.5) is 17.5 Å². The van der Waals surface area contributed by atoms with Crippen molar-refractivity contribution < 1.29 is 20.4 Å². The lowest BCUT2D eigenvalue weighted by Crippen LogP contribution is -2.42. The number of fused-ring (bicyclic) bond motifs is 1. The molecular formula is C24H25N5O4S. The molecule has 34 heavy (non-hydrogen) atoms. The molecule has 2 heterocycles. The van der Waals surface area contributed by atoms with Crippen LogP contribution in [0.3, 0.4) is 0 Å². The number of aliphatic hydroxyl groups excluding tert-OH is 3. The van der Waals surface area contributed by atoms with E-state index in [1.807, 2.05) is 29.2 Å². The highest BCUT2D eigenvalue weighted by atomic mass is 32.1. The highest BCUT2D eigenvalue weighted by molar-refractivity contribution is 7.21. The highest BCUT2D eigenvalue weighted by Crippen LogP contribution is 2.39. The Labute approximate surface area is 200 Å². The van der Waals surface area contributed by atoms with Crippen LogP contribution in [-0.4, -0.2) is 67.3 Å². The summed E-state index contributed by atoms with van der Waals surface area (Å²) in [6.45, 7) is -0.207. The molecule has 0 unspecified atom stereocenters. The summed E-state index contributed by atoms with van der Waals surface area (Å²) < 4.78 is 1.03. The van der Waals surface area contributed by atoms with Crippen molar-refractivity contribution in [2.75, 3.05) is 23.9 Å². The standard InChI is InChI=1S/C24H25N5O4S/c1-29(18-9-13(12-30)20(32)21(18)33)22-16(23-27-17-7-2-3-8-19(17)34-23)11-25-24(28-22)26-14-5-4-6-15(31)10-14/h2-8,10-11,13,18,20-21,30-33H,9,12H2,1H3,(H,25,26,28)/t13-,18-,20-,21+/m1/s1. The van der Waals surface area contributed by atoms with Crippen LogP contribution in [0.15, 0.2) is 54.7 Å². The van der Waals surface area contributed by atoms with E-state index in [1.165, 1.54) is 11.3 Å². The van der Waals surface area contributed by atoms with Gasteiger partial charge in [0.15, 0.2) is 0 Å². The first-order valence-electron chi connectivity index (χ1n) is 10.9. The van der Waals surface area contributed by atoms with Gasteiger partial charge in [-0.3, -0.25) is 0 Å². The number of hydrogen-bond donors (Lipinski definition) is 5. The van der Waals surface area contributed by atoms with E-state index < -0.39 is 24.2 Å². The fourth-order valence-corrected chi connectivity index (χ4v) is 5.35. The molecule has 4 atom stereocenters. The van der Waals surface area contributed by atoms with Gasteiger partial charge in [-0.05, 0) is 30.7 Å². The van der Waals surface area contributed by atoms with Crippen LogP contribution >= 0.6 is 11.3 Å². The molecule has 1 fully saturated rings. The zero-order valence-corrected chi connectivity index (χ0v) is 19.2. The van der Waals surface area contributed by atoms with Crippen LogP contribution in [-0.2, 0) is 0 Å². The number of aromatic nitrogens is 3. The summed E-state index contributed by atoms with van der Waals surface area (Å²) >= 11 is 1.52. The molecule has 0 radical (unpaired) electrons. The molecule has 0 saturated heterocycles. The fraction of sp³-hybridized carbons (Fsp3) is 0.292. The molecule has 4 aromatic rings. The molecule has 5 rings (SSSR count). The summed E-state index contributed by atoms with van der Waals surface area (Å²) in [4.78, 5) is 15.8. The van der Waals surface area contributed by atoms with Crippen molar-refractivity contribution in [3.8, 4) is 16.3 Å². The third kappa shape index (κ3) is 4.16. The number of nitrogens with zero attached hydrogens (tertiary/aromatic N) is 4. The summed E-state index contributed by atoms with van der Waals surface area (Å²) in [6, 6.07) is 14.0. The summed E-state index contributed by atoms with van der Waals surface area (Å²) in [7, 11) is 1.80. The molecule has 1 saturated carbocycles. The zero-order chi connectivity index (χ0) is 23.8. The number of nitrogens with one attached hydrogen (secondary N) is 1. The van der Waals surface area contributed by atoms with Gasteiger partial charge in [-0.1, -0.05) is 18.2 Å². The Morgan fingerprint density at radius 2 is 1.91 bits per heavy atom. The highest BCUT2D eigenvalue weighted by Gasteiger charge is 2.43. The Balaban J connectivity index is 1.56. The first-order valence-corrected chi connectivity index (χ1v) is 11.7. The Bertz CT molecular complexity index is 1280. The summed E-state index contributed by atoms with van der Waals surface area (Å²) in [5.74, 6) is 0.544. The zero-order valence-electron chi connectivity index (χ0n) is 18.4. The predicted octanol–water partition coefficient (Wildman–Crippen LogP) is 2.74. The number of rotatable bonds is 6. The van der Waals surface area contributed by atoms with Crippen LogP contribution in [0.1, 0.15) is 6.42 Å². The third-order valence-corrected chi connectivity index (χ3v) is 7.30. The van der Waals surface area contributed by atoms with Crippen molar-refractivity contribution in [1.82, 2.24) is 15.0 Å². The fourth-order valence-electron chi connectivity index (χ4n) is 4.38. The molecule has 0 amide bonds. The minimum absolute atomic E-state index is 0.117. The van der Waals surface area contributed by atoms with Crippen LogP contribution < -0.4 is 10.2 Å². The first kappa shape index (κ1) is 22.5. The number of hydrogen-bond acceptors (Lipinski definition) is 10. The molecule has 1 aliphatic carbocycles. The van der Waals surface area contributed by atoms with Gasteiger partial charge in [0.25, 0.3) is 0 Å². The van der Waals surface area contributed by atoms with Gasteiger partial charge in [0.2, 0.25) is 5.95 Å². The number of thiazole rings is 1. The van der Waals surface area contributed by atoms with Crippen molar-refractivity contribution in [2.24, 2.45) is 5.92 Å². The average Bonchev–Trinajstić information content (AvgIpc) is 3.39. The maximum atomic E-state index is 10.7. The second kappa shape index (κ2) is 9.15. The number of phenols is 1. The van der Waals surface area contributed by atoms with E-state index in [1.54, 1.807) is 37.5 Å². The van der Waals surface area contributed by atoms with Crippen LogP contribution in [0.25, 0.3) is 20.8 Å². The van der Waals surface area contributed by atoms with E-state index in [2.05, 4.69) is 10.3 Å². The minimum Gasteiger partial charge on any atom is -0.508 e. The van der Waals surface area contributed by atoms with Crippen molar-refractivity contribution in [3.05, 3.63) is 54.7 Å². The SMILES string of the molecule is CN(c1nc(Nc2cccc(O)c2)ncc1-c1nc2ccccc2s1)[C@@H]1C[C@H](CO)[C@@H](O)[C@H]1O. The number of anilines is 3. The van der Waals surface area contributed by atoms with Crippen molar-refractivity contribution in [1.29, 1.82) is 0 Å². The lowest BCUT2D eigenvalue weighted by Gasteiger charge is -2.30. The van der Waals surface area contributed by atoms with Crippen molar-refractivity contribution in [3.63, 3.8) is 0 Å². The van der Waals surface area contributed by atoms with E-state index in [9.17, 15) is 20.4 Å². The van der Waals surface area contributed by atoms with Gasteiger partial charge in [0.1, 0.15) is 22.7 Å².